The minimum Gasteiger partial charge on any atom is -0.406 e. The second kappa shape index (κ2) is 10.1. The molecular weight excluding hydrogens is 457 g/mol. The molecule has 4 aromatic rings. The number of hydrogen-bond acceptors (Lipinski definition) is 4. The van der Waals surface area contributed by atoms with E-state index in [0.29, 0.717) is 25.2 Å². The fourth-order valence-electron chi connectivity index (χ4n) is 3.83. The highest BCUT2D eigenvalue weighted by Gasteiger charge is 2.31. The van der Waals surface area contributed by atoms with Crippen molar-refractivity contribution in [3.05, 3.63) is 95.4 Å². The van der Waals surface area contributed by atoms with Crippen LogP contribution in [0.2, 0.25) is 0 Å². The fourth-order valence-corrected chi connectivity index (χ4v) is 3.83. The van der Waals surface area contributed by atoms with Gasteiger partial charge < -0.3 is 15.0 Å². The van der Waals surface area contributed by atoms with Crippen LogP contribution in [0, 0.1) is 0 Å². The zero-order valence-corrected chi connectivity index (χ0v) is 19.3. The first-order valence-electron chi connectivity index (χ1n) is 11.1. The van der Waals surface area contributed by atoms with Gasteiger partial charge >= 0.3 is 6.36 Å². The molecule has 0 aliphatic heterocycles. The molecule has 1 N–H and O–H groups in total. The van der Waals surface area contributed by atoms with Crippen molar-refractivity contribution >= 4 is 17.2 Å². The van der Waals surface area contributed by atoms with E-state index in [9.17, 15) is 18.0 Å². The molecule has 6 nitrogen and oxygen atoms in total. The second-order valence-electron chi connectivity index (χ2n) is 8.09. The zero-order valence-electron chi connectivity index (χ0n) is 19.3. The summed E-state index contributed by atoms with van der Waals surface area (Å²) in [5.41, 5.74) is 4.76. The molecule has 182 valence electrons. The highest BCUT2D eigenvalue weighted by Crippen LogP contribution is 2.24. The van der Waals surface area contributed by atoms with Crippen LogP contribution in [-0.2, 0) is 19.5 Å². The van der Waals surface area contributed by atoms with Gasteiger partial charge in [0.15, 0.2) is 0 Å². The minimum absolute atomic E-state index is 0.181. The lowest BCUT2D eigenvalue weighted by Gasteiger charge is -2.20. The predicted octanol–water partition coefficient (Wildman–Crippen LogP) is 5.36. The van der Waals surface area contributed by atoms with E-state index in [1.54, 1.807) is 16.5 Å². The first-order chi connectivity index (χ1) is 16.7. The van der Waals surface area contributed by atoms with Gasteiger partial charge in [0, 0.05) is 32.0 Å². The Morgan fingerprint density at radius 1 is 1.03 bits per heavy atom. The molecule has 0 spiro atoms. The van der Waals surface area contributed by atoms with Crippen molar-refractivity contribution < 1.29 is 22.7 Å². The lowest BCUT2D eigenvalue weighted by Crippen LogP contribution is -2.25. The van der Waals surface area contributed by atoms with Crippen molar-refractivity contribution in [2.45, 2.75) is 32.8 Å². The molecule has 2 heterocycles. The van der Waals surface area contributed by atoms with Crippen LogP contribution < -0.4 is 15.0 Å². The minimum atomic E-state index is -4.70. The van der Waals surface area contributed by atoms with E-state index in [2.05, 4.69) is 15.0 Å². The summed E-state index contributed by atoms with van der Waals surface area (Å²) in [4.78, 5) is 19.4. The molecule has 4 rings (SSSR count). The molecule has 0 bridgehead atoms. The summed E-state index contributed by atoms with van der Waals surface area (Å²) in [5.74, 6) is -0.426. The lowest BCUT2D eigenvalue weighted by atomic mass is 10.1. The molecule has 1 amide bonds. The van der Waals surface area contributed by atoms with Crippen LogP contribution in [0.15, 0.2) is 72.9 Å². The summed E-state index contributed by atoms with van der Waals surface area (Å²) in [5, 5.41) is 2.97. The number of fused-ring (bicyclic) bond motifs is 1. The molecule has 35 heavy (non-hydrogen) atoms. The van der Waals surface area contributed by atoms with E-state index < -0.39 is 6.36 Å². The van der Waals surface area contributed by atoms with Gasteiger partial charge in [-0.1, -0.05) is 37.3 Å². The van der Waals surface area contributed by atoms with Gasteiger partial charge in [-0.3, -0.25) is 9.20 Å². The fraction of sp³-hybridized carbons (Fsp3) is 0.231. The topological polar surface area (TPSA) is 58.9 Å². The van der Waals surface area contributed by atoms with Gasteiger partial charge in [-0.05, 0) is 53.9 Å². The SMILES string of the molecule is CCc1nc2ccccn2c1C(=O)NCc1ccc(N(C)Cc2ccc(OC(F)(F)F)cc2)cc1. The predicted molar refractivity (Wildman–Crippen MR) is 127 cm³/mol. The monoisotopic (exact) mass is 482 g/mol. The summed E-state index contributed by atoms with van der Waals surface area (Å²) in [7, 11) is 1.90. The molecule has 0 atom stereocenters. The maximum absolute atomic E-state index is 12.9. The average molecular weight is 483 g/mol. The summed E-state index contributed by atoms with van der Waals surface area (Å²) < 4.78 is 42.7. The number of nitrogens with one attached hydrogen (secondary N) is 1. The molecular formula is C26H25F3N4O2. The average Bonchev–Trinajstić information content (AvgIpc) is 3.22. The third kappa shape index (κ3) is 5.92. The second-order valence-corrected chi connectivity index (χ2v) is 8.09. The Morgan fingerprint density at radius 2 is 1.71 bits per heavy atom. The Hall–Kier alpha value is -4.01. The van der Waals surface area contributed by atoms with Gasteiger partial charge in [0.05, 0.1) is 5.69 Å². The Kier molecular flexibility index (Phi) is 6.95. The van der Waals surface area contributed by atoms with Crippen molar-refractivity contribution in [1.29, 1.82) is 0 Å². The third-order valence-corrected chi connectivity index (χ3v) is 5.56. The summed E-state index contributed by atoms with van der Waals surface area (Å²) in [6.45, 7) is 2.85. The molecule has 0 saturated heterocycles. The molecule has 2 aromatic carbocycles. The Morgan fingerprint density at radius 3 is 2.37 bits per heavy atom. The molecule has 2 aromatic heterocycles. The number of aromatic nitrogens is 2. The Balaban J connectivity index is 1.36. The van der Waals surface area contributed by atoms with E-state index in [1.165, 1.54) is 12.1 Å². The first-order valence-corrected chi connectivity index (χ1v) is 11.1. The van der Waals surface area contributed by atoms with Gasteiger partial charge in [-0.15, -0.1) is 13.2 Å². The zero-order chi connectivity index (χ0) is 25.0. The van der Waals surface area contributed by atoms with Crippen LogP contribution in [0.5, 0.6) is 5.75 Å². The van der Waals surface area contributed by atoms with E-state index in [-0.39, 0.29) is 11.7 Å². The van der Waals surface area contributed by atoms with Crippen molar-refractivity contribution in [2.24, 2.45) is 0 Å². The summed E-state index contributed by atoms with van der Waals surface area (Å²) >= 11 is 0. The summed E-state index contributed by atoms with van der Waals surface area (Å²) in [6, 6.07) is 19.2. The van der Waals surface area contributed by atoms with Crippen LogP contribution in [0.25, 0.3) is 5.65 Å². The number of anilines is 1. The lowest BCUT2D eigenvalue weighted by molar-refractivity contribution is -0.274. The van der Waals surface area contributed by atoms with Crippen LogP contribution >= 0.6 is 0 Å². The van der Waals surface area contributed by atoms with Crippen molar-refractivity contribution in [1.82, 2.24) is 14.7 Å². The largest absolute Gasteiger partial charge is 0.573 e. The first kappa shape index (κ1) is 24.1. The molecule has 0 aliphatic rings. The van der Waals surface area contributed by atoms with Crippen LogP contribution in [-0.4, -0.2) is 28.7 Å². The standard InChI is InChI=1S/C26H25F3N4O2/c1-3-22-24(33-15-5-4-6-23(33)31-22)25(34)30-16-18-7-11-20(12-8-18)32(2)17-19-9-13-21(14-10-19)35-26(27,28)29/h4-15H,3,16-17H2,1-2H3,(H,30,34). The van der Waals surface area contributed by atoms with Crippen molar-refractivity contribution in [2.75, 3.05) is 11.9 Å². The number of alkyl halides is 3. The third-order valence-electron chi connectivity index (χ3n) is 5.56. The van der Waals surface area contributed by atoms with Crippen LogP contribution in [0.4, 0.5) is 18.9 Å². The van der Waals surface area contributed by atoms with Gasteiger partial charge in [0.25, 0.3) is 5.91 Å². The van der Waals surface area contributed by atoms with Crippen LogP contribution in [0.1, 0.15) is 34.2 Å². The highest BCUT2D eigenvalue weighted by molar-refractivity contribution is 5.94. The summed E-state index contributed by atoms with van der Waals surface area (Å²) in [6.07, 6.45) is -2.22. The molecule has 0 aliphatic carbocycles. The molecule has 9 heteroatoms. The number of imidazole rings is 1. The number of aryl methyl sites for hydroxylation is 1. The molecule has 0 radical (unpaired) electrons. The van der Waals surface area contributed by atoms with E-state index in [0.717, 1.165) is 28.2 Å². The highest BCUT2D eigenvalue weighted by atomic mass is 19.4. The number of ether oxygens (including phenoxy) is 1. The number of rotatable bonds is 8. The van der Waals surface area contributed by atoms with Gasteiger partial charge in [0.1, 0.15) is 17.1 Å². The number of halogens is 3. The van der Waals surface area contributed by atoms with Crippen molar-refractivity contribution in [3.8, 4) is 5.75 Å². The normalized spacial score (nSPS) is 11.5. The van der Waals surface area contributed by atoms with E-state index in [4.69, 9.17) is 0 Å². The number of benzene rings is 2. The maximum atomic E-state index is 12.9. The smallest absolute Gasteiger partial charge is 0.406 e. The van der Waals surface area contributed by atoms with Gasteiger partial charge in [0.2, 0.25) is 0 Å². The number of pyridine rings is 1. The maximum Gasteiger partial charge on any atom is 0.573 e. The Bertz CT molecular complexity index is 1300. The number of amides is 1. The van der Waals surface area contributed by atoms with Gasteiger partial charge in [-0.25, -0.2) is 4.98 Å². The number of nitrogens with zero attached hydrogens (tertiary/aromatic N) is 3. The van der Waals surface area contributed by atoms with Crippen molar-refractivity contribution in [3.63, 3.8) is 0 Å². The molecule has 0 saturated carbocycles. The molecule has 0 fully saturated rings. The van der Waals surface area contributed by atoms with E-state index >= 15 is 0 Å². The van der Waals surface area contributed by atoms with E-state index in [1.807, 2.05) is 67.5 Å². The van der Waals surface area contributed by atoms with Gasteiger partial charge in [-0.2, -0.15) is 0 Å². The number of carbonyl (C=O) groups excluding carboxylic acids is 1. The Labute approximate surface area is 201 Å². The van der Waals surface area contributed by atoms with Crippen LogP contribution in [0.3, 0.4) is 0 Å². The number of hydrogen-bond donors (Lipinski definition) is 1. The number of carbonyl (C=O) groups is 1. The molecule has 0 unspecified atom stereocenters. The quantitative estimate of drug-likeness (QED) is 0.367.